The molecule has 1 aromatic carbocycles. The lowest BCUT2D eigenvalue weighted by molar-refractivity contribution is -0.388. The van der Waals surface area contributed by atoms with Crippen LogP contribution in [0.2, 0.25) is 0 Å². The minimum absolute atomic E-state index is 0.141. The van der Waals surface area contributed by atoms with Gasteiger partial charge in [-0.15, -0.1) is 0 Å². The van der Waals surface area contributed by atoms with E-state index in [0.717, 1.165) is 44.6 Å². The van der Waals surface area contributed by atoms with E-state index in [1.807, 2.05) is 24.3 Å². The van der Waals surface area contributed by atoms with E-state index in [1.54, 1.807) is 11.6 Å². The van der Waals surface area contributed by atoms with Crippen LogP contribution in [0, 0.1) is 10.1 Å². The summed E-state index contributed by atoms with van der Waals surface area (Å²) >= 11 is 0. The number of rotatable bonds is 6. The van der Waals surface area contributed by atoms with Crippen LogP contribution in [0.4, 0.5) is 17.3 Å². The Kier molecular flexibility index (Phi) is 5.30. The maximum Gasteiger partial charge on any atom is 0.406 e. The Labute approximate surface area is 146 Å². The number of aliphatic hydroxyl groups excluding tert-OH is 1. The van der Waals surface area contributed by atoms with Crippen molar-refractivity contribution in [1.29, 1.82) is 0 Å². The molecule has 1 fully saturated rings. The molecule has 8 heteroatoms. The Bertz CT molecular complexity index is 720. The molecule has 0 atom stereocenters. The molecule has 0 bridgehead atoms. The van der Waals surface area contributed by atoms with Gasteiger partial charge in [-0.05, 0) is 46.9 Å². The first-order chi connectivity index (χ1) is 12.0. The first-order valence-corrected chi connectivity index (χ1v) is 8.45. The molecule has 134 valence electrons. The third-order valence-corrected chi connectivity index (χ3v) is 4.58. The molecule has 2 N–H and O–H groups in total. The molecule has 8 nitrogen and oxygen atoms in total. The maximum absolute atomic E-state index is 11.0. The Morgan fingerprint density at radius 3 is 2.64 bits per heavy atom. The van der Waals surface area contributed by atoms with Crippen LogP contribution in [-0.2, 0) is 13.5 Å². The lowest BCUT2D eigenvalue weighted by Crippen LogP contribution is -2.37. The summed E-state index contributed by atoms with van der Waals surface area (Å²) in [5.74, 6) is 0.184. The normalized spacial score (nSPS) is 16.1. The number of benzene rings is 1. The van der Waals surface area contributed by atoms with E-state index in [2.05, 4.69) is 15.2 Å². The quantitative estimate of drug-likeness (QED) is 0.614. The van der Waals surface area contributed by atoms with Crippen molar-refractivity contribution in [1.82, 2.24) is 14.5 Å². The fourth-order valence-corrected chi connectivity index (χ4v) is 3.02. The fourth-order valence-electron chi connectivity index (χ4n) is 3.02. The average molecular weight is 345 g/mol. The number of likely N-dealkylation sites (tertiary alicyclic amines) is 1. The molecule has 2 heterocycles. The molecule has 1 aromatic heterocycles. The van der Waals surface area contributed by atoms with Gasteiger partial charge in [0.15, 0.2) is 0 Å². The molecule has 0 spiro atoms. The van der Waals surface area contributed by atoms with Crippen molar-refractivity contribution in [3.63, 3.8) is 0 Å². The highest BCUT2D eigenvalue weighted by Gasteiger charge is 2.20. The number of nitrogens with zero attached hydrogens (tertiary/aromatic N) is 4. The van der Waals surface area contributed by atoms with Crippen molar-refractivity contribution in [3.05, 3.63) is 46.3 Å². The van der Waals surface area contributed by atoms with Gasteiger partial charge in [0.2, 0.25) is 12.1 Å². The highest BCUT2D eigenvalue weighted by atomic mass is 16.6. The maximum atomic E-state index is 11.0. The molecule has 1 aliphatic heterocycles. The standard InChI is InChI=1S/C17H23N5O3/c1-20-12-18-16(22(24)25)17(20)19-14-4-2-13(3-5-14)6-9-21-10-7-15(23)8-11-21/h2-5,12,15,19,23H,6-11H2,1H3. The Hall–Kier alpha value is -2.45. The minimum Gasteiger partial charge on any atom is -0.393 e. The molecule has 25 heavy (non-hydrogen) atoms. The smallest absolute Gasteiger partial charge is 0.393 e. The highest BCUT2D eigenvalue weighted by molar-refractivity contribution is 5.63. The highest BCUT2D eigenvalue weighted by Crippen LogP contribution is 2.25. The summed E-state index contributed by atoms with van der Waals surface area (Å²) in [6.45, 7) is 2.88. The van der Waals surface area contributed by atoms with Gasteiger partial charge in [-0.3, -0.25) is 4.57 Å². The van der Waals surface area contributed by atoms with Gasteiger partial charge in [0, 0.05) is 32.4 Å². The van der Waals surface area contributed by atoms with E-state index in [-0.39, 0.29) is 11.9 Å². The molecule has 3 rings (SSSR count). The predicted molar refractivity (Wildman–Crippen MR) is 95.0 cm³/mol. The zero-order chi connectivity index (χ0) is 17.8. The zero-order valence-electron chi connectivity index (χ0n) is 14.3. The lowest BCUT2D eigenvalue weighted by Gasteiger charge is -2.29. The van der Waals surface area contributed by atoms with E-state index in [1.165, 1.54) is 11.9 Å². The molecule has 0 aliphatic carbocycles. The molecular weight excluding hydrogens is 322 g/mol. The first-order valence-electron chi connectivity index (χ1n) is 8.45. The average Bonchev–Trinajstić information content (AvgIpc) is 2.97. The van der Waals surface area contributed by atoms with E-state index >= 15 is 0 Å². The van der Waals surface area contributed by atoms with Crippen molar-refractivity contribution in [2.75, 3.05) is 25.0 Å². The summed E-state index contributed by atoms with van der Waals surface area (Å²) in [7, 11) is 1.71. The second-order valence-corrected chi connectivity index (χ2v) is 6.43. The van der Waals surface area contributed by atoms with Gasteiger partial charge >= 0.3 is 5.82 Å². The Morgan fingerprint density at radius 2 is 2.00 bits per heavy atom. The third kappa shape index (κ3) is 4.34. The molecule has 0 amide bonds. The van der Waals surface area contributed by atoms with E-state index in [9.17, 15) is 15.2 Å². The summed E-state index contributed by atoms with van der Waals surface area (Å²) in [6, 6.07) is 7.91. The summed E-state index contributed by atoms with van der Waals surface area (Å²) in [4.78, 5) is 16.7. The van der Waals surface area contributed by atoms with Gasteiger partial charge < -0.3 is 25.4 Å². The number of nitrogens with one attached hydrogen (secondary N) is 1. The number of anilines is 2. The topological polar surface area (TPSA) is 96.5 Å². The number of piperidine rings is 1. The molecule has 0 radical (unpaired) electrons. The Balaban J connectivity index is 1.57. The van der Waals surface area contributed by atoms with Crippen molar-refractivity contribution >= 4 is 17.3 Å². The van der Waals surface area contributed by atoms with Crippen molar-refractivity contribution in [2.45, 2.75) is 25.4 Å². The summed E-state index contributed by atoms with van der Waals surface area (Å²) in [5, 5.41) is 23.6. The summed E-state index contributed by atoms with van der Waals surface area (Å²) in [5.41, 5.74) is 2.01. The predicted octanol–water partition coefficient (Wildman–Crippen LogP) is 2.07. The van der Waals surface area contributed by atoms with Gasteiger partial charge in [0.1, 0.15) is 0 Å². The van der Waals surface area contributed by atoms with Crippen molar-refractivity contribution < 1.29 is 10.0 Å². The van der Waals surface area contributed by atoms with Crippen LogP contribution in [0.15, 0.2) is 30.6 Å². The Morgan fingerprint density at radius 1 is 1.32 bits per heavy atom. The monoisotopic (exact) mass is 345 g/mol. The van der Waals surface area contributed by atoms with E-state index < -0.39 is 4.92 Å². The van der Waals surface area contributed by atoms with Crippen LogP contribution >= 0.6 is 0 Å². The van der Waals surface area contributed by atoms with Crippen LogP contribution in [0.5, 0.6) is 0 Å². The van der Waals surface area contributed by atoms with Gasteiger partial charge in [0.05, 0.1) is 6.10 Å². The summed E-state index contributed by atoms with van der Waals surface area (Å²) < 4.78 is 1.59. The van der Waals surface area contributed by atoms with Crippen LogP contribution in [0.1, 0.15) is 18.4 Å². The number of aliphatic hydroxyl groups is 1. The molecule has 0 saturated carbocycles. The second-order valence-electron chi connectivity index (χ2n) is 6.43. The number of aryl methyl sites for hydroxylation is 1. The van der Waals surface area contributed by atoms with Crippen molar-refractivity contribution in [2.24, 2.45) is 7.05 Å². The third-order valence-electron chi connectivity index (χ3n) is 4.58. The van der Waals surface area contributed by atoms with Gasteiger partial charge in [-0.2, -0.15) is 0 Å². The molecule has 1 saturated heterocycles. The number of nitro groups is 1. The number of hydrogen-bond donors (Lipinski definition) is 2. The fraction of sp³-hybridized carbons (Fsp3) is 0.471. The number of hydrogen-bond acceptors (Lipinski definition) is 6. The largest absolute Gasteiger partial charge is 0.406 e. The lowest BCUT2D eigenvalue weighted by atomic mass is 10.1. The first kappa shape index (κ1) is 17.4. The van der Waals surface area contributed by atoms with Crippen LogP contribution in [-0.4, -0.2) is 50.2 Å². The van der Waals surface area contributed by atoms with Gasteiger partial charge in [-0.25, -0.2) is 0 Å². The SMILES string of the molecule is Cn1cnc([N+](=O)[O-])c1Nc1ccc(CCN2CCC(O)CC2)cc1. The van der Waals surface area contributed by atoms with E-state index in [0.29, 0.717) is 5.82 Å². The minimum atomic E-state index is -0.494. The second kappa shape index (κ2) is 7.62. The number of imidazole rings is 1. The van der Waals surface area contributed by atoms with Crippen molar-refractivity contribution in [3.8, 4) is 0 Å². The number of aromatic nitrogens is 2. The van der Waals surface area contributed by atoms with Gasteiger partial charge in [0.25, 0.3) is 0 Å². The molecule has 0 unspecified atom stereocenters. The molecular formula is C17H23N5O3. The zero-order valence-corrected chi connectivity index (χ0v) is 14.3. The van der Waals surface area contributed by atoms with Gasteiger partial charge in [-0.1, -0.05) is 12.1 Å². The van der Waals surface area contributed by atoms with Crippen LogP contribution in [0.3, 0.4) is 0 Å². The van der Waals surface area contributed by atoms with E-state index in [4.69, 9.17) is 0 Å². The summed E-state index contributed by atoms with van der Waals surface area (Å²) in [6.07, 6.45) is 3.93. The van der Waals surface area contributed by atoms with Crippen LogP contribution in [0.25, 0.3) is 0 Å². The molecule has 2 aromatic rings. The van der Waals surface area contributed by atoms with Crippen LogP contribution < -0.4 is 5.32 Å². The molecule has 1 aliphatic rings.